The third-order valence-electron chi connectivity index (χ3n) is 3.48. The van der Waals surface area contributed by atoms with Crippen LogP contribution in [0, 0.1) is 0 Å². The molecule has 0 unspecified atom stereocenters. The number of hydrogen-bond acceptors (Lipinski definition) is 3. The lowest BCUT2D eigenvalue weighted by Gasteiger charge is -2.31. The number of rotatable bonds is 3. The highest BCUT2D eigenvalue weighted by molar-refractivity contribution is 9.10. The molecule has 0 amide bonds. The molecule has 2 aromatic rings. The molecule has 2 aromatic heterocycles. The van der Waals surface area contributed by atoms with Gasteiger partial charge in [-0.2, -0.15) is 5.10 Å². The van der Waals surface area contributed by atoms with Crippen molar-refractivity contribution in [3.8, 4) is 0 Å². The monoisotopic (exact) mass is 309 g/mol. The van der Waals surface area contributed by atoms with E-state index >= 15 is 0 Å². The molecule has 0 radical (unpaired) electrons. The molecule has 1 N–H and O–H groups in total. The second kappa shape index (κ2) is 5.28. The van der Waals surface area contributed by atoms with Gasteiger partial charge in [0.25, 0.3) is 0 Å². The van der Waals surface area contributed by atoms with Crippen LogP contribution in [0.4, 0.5) is 0 Å². The van der Waals surface area contributed by atoms with Crippen molar-refractivity contribution in [3.63, 3.8) is 0 Å². The Kier molecular flexibility index (Phi) is 3.52. The summed E-state index contributed by atoms with van der Waals surface area (Å²) in [6.45, 7) is 3.10. The molecule has 1 atom stereocenters. The summed E-state index contributed by atoms with van der Waals surface area (Å²) in [6.07, 6.45) is 4.30. The summed E-state index contributed by atoms with van der Waals surface area (Å²) in [5.41, 5.74) is 1.25. The van der Waals surface area contributed by atoms with Gasteiger partial charge < -0.3 is 4.42 Å². The van der Waals surface area contributed by atoms with Crippen molar-refractivity contribution >= 4 is 15.9 Å². The second-order valence-corrected chi connectivity index (χ2v) is 5.57. The third kappa shape index (κ3) is 2.67. The topological polar surface area (TPSA) is 45.1 Å². The number of piperidine rings is 1. The molecule has 96 valence electrons. The van der Waals surface area contributed by atoms with Crippen LogP contribution in [-0.2, 0) is 6.54 Å². The normalized spacial score (nSPS) is 21.3. The van der Waals surface area contributed by atoms with Gasteiger partial charge in [0.2, 0.25) is 0 Å². The quantitative estimate of drug-likeness (QED) is 0.947. The zero-order chi connectivity index (χ0) is 12.4. The lowest BCUT2D eigenvalue weighted by atomic mass is 9.95. The standard InChI is InChI=1S/C13H16BrN3O/c14-13-4-3-11(18-13)9-17-7-1-2-10(8-17)12-5-6-15-16-12/h3-6,10H,1-2,7-9H2,(H,15,16)/t10-/m1/s1. The fourth-order valence-electron chi connectivity index (χ4n) is 2.60. The molecule has 5 heteroatoms. The summed E-state index contributed by atoms with van der Waals surface area (Å²) in [5.74, 6) is 1.59. The van der Waals surface area contributed by atoms with Gasteiger partial charge in [-0.3, -0.25) is 10.00 Å². The maximum absolute atomic E-state index is 5.57. The number of aromatic nitrogens is 2. The smallest absolute Gasteiger partial charge is 0.169 e. The predicted octanol–water partition coefficient (Wildman–Crippen LogP) is 3.14. The summed E-state index contributed by atoms with van der Waals surface area (Å²) < 4.78 is 6.37. The van der Waals surface area contributed by atoms with Gasteiger partial charge in [0.05, 0.1) is 6.54 Å². The summed E-state index contributed by atoms with van der Waals surface area (Å²) in [7, 11) is 0. The van der Waals surface area contributed by atoms with E-state index in [2.05, 4.69) is 37.1 Å². The number of furan rings is 1. The van der Waals surface area contributed by atoms with E-state index in [0.717, 1.165) is 30.1 Å². The fraction of sp³-hybridized carbons (Fsp3) is 0.462. The van der Waals surface area contributed by atoms with Gasteiger partial charge in [0.15, 0.2) is 4.67 Å². The number of nitrogens with zero attached hydrogens (tertiary/aromatic N) is 2. The molecule has 0 bridgehead atoms. The third-order valence-corrected chi connectivity index (χ3v) is 3.90. The van der Waals surface area contributed by atoms with Crippen molar-refractivity contribution in [2.75, 3.05) is 13.1 Å². The number of H-pyrrole nitrogens is 1. The van der Waals surface area contributed by atoms with E-state index < -0.39 is 0 Å². The van der Waals surface area contributed by atoms with Crippen LogP contribution >= 0.6 is 15.9 Å². The van der Waals surface area contributed by atoms with Crippen LogP contribution in [0.1, 0.15) is 30.2 Å². The van der Waals surface area contributed by atoms with Crippen LogP contribution in [-0.4, -0.2) is 28.2 Å². The molecule has 3 rings (SSSR count). The summed E-state index contributed by atoms with van der Waals surface area (Å²) in [5, 5.41) is 7.13. The van der Waals surface area contributed by atoms with Crippen molar-refractivity contribution in [2.24, 2.45) is 0 Å². The number of hydrogen-bond donors (Lipinski definition) is 1. The van der Waals surface area contributed by atoms with Gasteiger partial charge in [-0.1, -0.05) is 0 Å². The van der Waals surface area contributed by atoms with Gasteiger partial charge in [0, 0.05) is 24.4 Å². The van der Waals surface area contributed by atoms with E-state index in [9.17, 15) is 0 Å². The number of nitrogens with one attached hydrogen (secondary N) is 1. The Morgan fingerprint density at radius 2 is 2.39 bits per heavy atom. The van der Waals surface area contributed by atoms with Crippen LogP contribution in [0.2, 0.25) is 0 Å². The van der Waals surface area contributed by atoms with Gasteiger partial charge in [-0.05, 0) is 53.5 Å². The first kappa shape index (κ1) is 12.0. The van der Waals surface area contributed by atoms with Crippen molar-refractivity contribution < 1.29 is 4.42 Å². The van der Waals surface area contributed by atoms with Crippen LogP contribution in [0.15, 0.2) is 33.5 Å². The summed E-state index contributed by atoms with van der Waals surface area (Å²) >= 11 is 3.34. The van der Waals surface area contributed by atoms with E-state index in [4.69, 9.17) is 4.42 Å². The van der Waals surface area contributed by atoms with Gasteiger partial charge >= 0.3 is 0 Å². The van der Waals surface area contributed by atoms with Gasteiger partial charge in [-0.25, -0.2) is 0 Å². The van der Waals surface area contributed by atoms with Gasteiger partial charge in [0.1, 0.15) is 5.76 Å². The molecule has 1 aliphatic rings. The lowest BCUT2D eigenvalue weighted by molar-refractivity contribution is 0.184. The molecular weight excluding hydrogens is 294 g/mol. The van der Waals surface area contributed by atoms with Crippen molar-refractivity contribution in [2.45, 2.75) is 25.3 Å². The molecule has 1 fully saturated rings. The van der Waals surface area contributed by atoms with E-state index in [-0.39, 0.29) is 0 Å². The lowest BCUT2D eigenvalue weighted by Crippen LogP contribution is -2.33. The highest BCUT2D eigenvalue weighted by Gasteiger charge is 2.22. The van der Waals surface area contributed by atoms with E-state index in [0.29, 0.717) is 5.92 Å². The van der Waals surface area contributed by atoms with Crippen LogP contribution < -0.4 is 0 Å². The maximum Gasteiger partial charge on any atom is 0.169 e. The summed E-state index contributed by atoms with van der Waals surface area (Å²) in [6, 6.07) is 6.06. The summed E-state index contributed by atoms with van der Waals surface area (Å²) in [4.78, 5) is 2.44. The number of likely N-dealkylation sites (tertiary alicyclic amines) is 1. The highest BCUT2D eigenvalue weighted by Crippen LogP contribution is 2.26. The molecule has 3 heterocycles. The molecule has 1 aliphatic heterocycles. The molecular formula is C13H16BrN3O. The molecule has 0 spiro atoms. The van der Waals surface area contributed by atoms with E-state index in [1.807, 2.05) is 18.3 Å². The Morgan fingerprint density at radius 3 is 3.11 bits per heavy atom. The van der Waals surface area contributed by atoms with Crippen molar-refractivity contribution in [3.05, 3.63) is 40.5 Å². The first-order valence-corrected chi connectivity index (χ1v) is 7.06. The second-order valence-electron chi connectivity index (χ2n) is 4.79. The maximum atomic E-state index is 5.57. The Morgan fingerprint density at radius 1 is 1.44 bits per heavy atom. The van der Waals surface area contributed by atoms with Crippen LogP contribution in [0.25, 0.3) is 0 Å². The van der Waals surface area contributed by atoms with Crippen LogP contribution in [0.3, 0.4) is 0 Å². The Hall–Kier alpha value is -1.07. The predicted molar refractivity (Wildman–Crippen MR) is 72.2 cm³/mol. The van der Waals surface area contributed by atoms with Crippen molar-refractivity contribution in [1.82, 2.24) is 15.1 Å². The minimum Gasteiger partial charge on any atom is -0.453 e. The minimum atomic E-state index is 0.569. The molecule has 0 aliphatic carbocycles. The molecule has 1 saturated heterocycles. The molecule has 0 saturated carbocycles. The zero-order valence-corrected chi connectivity index (χ0v) is 11.7. The first-order chi connectivity index (χ1) is 8.81. The number of aromatic amines is 1. The Balaban J connectivity index is 1.63. The fourth-order valence-corrected chi connectivity index (χ4v) is 2.94. The largest absolute Gasteiger partial charge is 0.453 e. The van der Waals surface area contributed by atoms with Crippen molar-refractivity contribution in [1.29, 1.82) is 0 Å². The van der Waals surface area contributed by atoms with Gasteiger partial charge in [-0.15, -0.1) is 0 Å². The highest BCUT2D eigenvalue weighted by atomic mass is 79.9. The zero-order valence-electron chi connectivity index (χ0n) is 10.1. The first-order valence-electron chi connectivity index (χ1n) is 6.27. The molecule has 4 nitrogen and oxygen atoms in total. The molecule has 18 heavy (non-hydrogen) atoms. The van der Waals surface area contributed by atoms with E-state index in [1.165, 1.54) is 18.5 Å². The number of halogens is 1. The Bertz CT molecular complexity index is 494. The minimum absolute atomic E-state index is 0.569. The van der Waals surface area contributed by atoms with E-state index in [1.54, 1.807) is 0 Å². The van der Waals surface area contributed by atoms with Crippen LogP contribution in [0.5, 0.6) is 0 Å². The molecule has 0 aromatic carbocycles. The average molecular weight is 310 g/mol. The SMILES string of the molecule is Brc1ccc(CN2CCC[C@@H](c3ccn[nH]3)C2)o1. The Labute approximate surface area is 114 Å². The average Bonchev–Trinajstić information content (AvgIpc) is 3.01.